The Kier molecular flexibility index (Phi) is 3.86. The number of benzene rings is 1. The number of H-pyrrole nitrogens is 2. The molecule has 140 valence electrons. The van der Waals surface area contributed by atoms with E-state index in [1.807, 2.05) is 13.8 Å². The molecule has 4 aromatic rings. The molecule has 1 aromatic carbocycles. The monoisotopic (exact) mass is 404 g/mol. The molecule has 0 fully saturated rings. The van der Waals surface area contributed by atoms with Crippen molar-refractivity contribution in [2.75, 3.05) is 6.26 Å². The molecule has 8 nitrogen and oxygen atoms in total. The Morgan fingerprint density at radius 3 is 2.41 bits per heavy atom. The molecule has 0 aliphatic heterocycles. The normalized spacial score (nSPS) is 12.4. The lowest BCUT2D eigenvalue weighted by Crippen LogP contribution is -2.08. The maximum atomic E-state index is 12.7. The van der Waals surface area contributed by atoms with Crippen LogP contribution in [-0.4, -0.2) is 34.4 Å². The van der Waals surface area contributed by atoms with E-state index in [9.17, 15) is 18.0 Å². The molecule has 0 radical (unpaired) electrons. The first kappa shape index (κ1) is 17.7. The average Bonchev–Trinajstić information content (AvgIpc) is 3.11. The summed E-state index contributed by atoms with van der Waals surface area (Å²) in [5.41, 5.74) is 1.74. The zero-order valence-electron chi connectivity index (χ0n) is 14.7. The van der Waals surface area contributed by atoms with E-state index in [0.717, 1.165) is 17.6 Å². The van der Waals surface area contributed by atoms with Gasteiger partial charge in [0.05, 0.1) is 15.0 Å². The van der Waals surface area contributed by atoms with Crippen LogP contribution in [0.2, 0.25) is 0 Å². The number of pyridine rings is 1. The van der Waals surface area contributed by atoms with Gasteiger partial charge < -0.3 is 0 Å². The van der Waals surface area contributed by atoms with Crippen molar-refractivity contribution in [3.8, 4) is 11.1 Å². The van der Waals surface area contributed by atoms with E-state index < -0.39 is 9.84 Å². The second kappa shape index (κ2) is 5.89. The lowest BCUT2D eigenvalue weighted by molar-refractivity contribution is 0.542. The topological polar surface area (TPSA) is 118 Å². The predicted molar refractivity (Wildman–Crippen MR) is 105 cm³/mol. The molecule has 0 spiro atoms. The summed E-state index contributed by atoms with van der Waals surface area (Å²) in [4.78, 5) is 31.7. The van der Waals surface area contributed by atoms with Crippen molar-refractivity contribution in [3.05, 3.63) is 44.3 Å². The standard InChI is InChI=1S/C17H16N4O4S2/c1-8(2)21-15-12(16(22)20-21)11(13-14(18-15)19-17(23)26-13)9-4-6-10(7-5-9)27(3,24)25/h4-8H,1-3H3,(H,20,22)(H,18,19,23). The zero-order valence-corrected chi connectivity index (χ0v) is 16.4. The number of hydrogen-bond donors (Lipinski definition) is 2. The Balaban J connectivity index is 2.14. The van der Waals surface area contributed by atoms with Crippen molar-refractivity contribution in [1.82, 2.24) is 19.7 Å². The summed E-state index contributed by atoms with van der Waals surface area (Å²) < 4.78 is 25.7. The minimum Gasteiger partial charge on any atom is -0.297 e. The smallest absolute Gasteiger partial charge is 0.297 e. The molecule has 2 N–H and O–H groups in total. The van der Waals surface area contributed by atoms with Gasteiger partial charge in [-0.1, -0.05) is 23.5 Å². The van der Waals surface area contributed by atoms with Crippen LogP contribution in [0.3, 0.4) is 0 Å². The van der Waals surface area contributed by atoms with Crippen molar-refractivity contribution >= 4 is 42.6 Å². The van der Waals surface area contributed by atoms with Crippen LogP contribution in [-0.2, 0) is 9.84 Å². The lowest BCUT2D eigenvalue weighted by atomic mass is 10.0. The maximum absolute atomic E-state index is 12.7. The predicted octanol–water partition coefficient (Wildman–Crippen LogP) is 2.28. The minimum absolute atomic E-state index is 0.0361. The second-order valence-electron chi connectivity index (χ2n) is 6.58. The molecule has 0 amide bonds. The summed E-state index contributed by atoms with van der Waals surface area (Å²) in [6.45, 7) is 3.83. The van der Waals surface area contributed by atoms with Gasteiger partial charge in [-0.3, -0.25) is 24.4 Å². The van der Waals surface area contributed by atoms with Crippen molar-refractivity contribution in [2.45, 2.75) is 24.8 Å². The van der Waals surface area contributed by atoms with Crippen LogP contribution in [0.25, 0.3) is 32.5 Å². The minimum atomic E-state index is -3.34. The summed E-state index contributed by atoms with van der Waals surface area (Å²) in [5, 5.41) is 3.17. The molecule has 0 saturated carbocycles. The van der Waals surface area contributed by atoms with Crippen molar-refractivity contribution in [2.24, 2.45) is 0 Å². The first-order valence-electron chi connectivity index (χ1n) is 8.14. The highest BCUT2D eigenvalue weighted by Gasteiger charge is 2.21. The van der Waals surface area contributed by atoms with Crippen LogP contribution in [0.4, 0.5) is 0 Å². The van der Waals surface area contributed by atoms with Crippen LogP contribution < -0.4 is 10.4 Å². The molecule has 3 aromatic heterocycles. The largest absolute Gasteiger partial charge is 0.306 e. The van der Waals surface area contributed by atoms with Crippen molar-refractivity contribution in [1.29, 1.82) is 0 Å². The van der Waals surface area contributed by atoms with Crippen molar-refractivity contribution in [3.63, 3.8) is 0 Å². The van der Waals surface area contributed by atoms with Crippen LogP contribution in [0.1, 0.15) is 19.9 Å². The molecule has 0 aliphatic rings. The molecular formula is C17H16N4O4S2. The number of aromatic amines is 2. The Morgan fingerprint density at radius 1 is 1.15 bits per heavy atom. The third-order valence-electron chi connectivity index (χ3n) is 4.31. The molecule has 27 heavy (non-hydrogen) atoms. The van der Waals surface area contributed by atoms with Crippen LogP contribution in [0.5, 0.6) is 0 Å². The Labute approximate surface area is 157 Å². The summed E-state index contributed by atoms with van der Waals surface area (Å²) in [7, 11) is -3.34. The Bertz CT molecular complexity index is 1400. The maximum Gasteiger partial charge on any atom is 0.306 e. The number of rotatable bonds is 3. The number of sulfone groups is 1. The summed E-state index contributed by atoms with van der Waals surface area (Å²) in [6.07, 6.45) is 1.14. The van der Waals surface area contributed by atoms with E-state index in [0.29, 0.717) is 32.5 Å². The number of hydrogen-bond acceptors (Lipinski definition) is 6. The van der Waals surface area contributed by atoms with Gasteiger partial charge in [0.2, 0.25) is 0 Å². The second-order valence-corrected chi connectivity index (χ2v) is 9.58. The molecule has 0 unspecified atom stereocenters. The highest BCUT2D eigenvalue weighted by Crippen LogP contribution is 2.35. The lowest BCUT2D eigenvalue weighted by Gasteiger charge is -2.09. The van der Waals surface area contributed by atoms with E-state index in [-0.39, 0.29) is 21.4 Å². The fraction of sp³-hybridized carbons (Fsp3) is 0.235. The van der Waals surface area contributed by atoms with Crippen LogP contribution in [0.15, 0.2) is 38.8 Å². The van der Waals surface area contributed by atoms with Gasteiger partial charge >= 0.3 is 4.87 Å². The number of nitrogens with one attached hydrogen (secondary N) is 2. The molecular weight excluding hydrogens is 388 g/mol. The van der Waals surface area contributed by atoms with Gasteiger partial charge in [0.15, 0.2) is 21.1 Å². The number of nitrogens with zero attached hydrogens (tertiary/aromatic N) is 2. The number of thiazole rings is 1. The van der Waals surface area contributed by atoms with E-state index in [2.05, 4.69) is 15.1 Å². The van der Waals surface area contributed by atoms with E-state index in [4.69, 9.17) is 0 Å². The Hall–Kier alpha value is -2.72. The molecule has 10 heteroatoms. The SMILES string of the molecule is CC(C)n1[nH]c(=O)c2c(-c3ccc(S(C)(=O)=O)cc3)c3sc(=O)[nH]c3nc21. The van der Waals surface area contributed by atoms with Gasteiger partial charge in [-0.2, -0.15) is 0 Å². The van der Waals surface area contributed by atoms with Crippen LogP contribution in [0, 0.1) is 0 Å². The van der Waals surface area contributed by atoms with Gasteiger partial charge in [0, 0.05) is 17.9 Å². The van der Waals surface area contributed by atoms with E-state index in [1.54, 1.807) is 16.8 Å². The van der Waals surface area contributed by atoms with Gasteiger partial charge in [-0.05, 0) is 31.5 Å². The molecule has 3 heterocycles. The first-order chi connectivity index (χ1) is 12.7. The van der Waals surface area contributed by atoms with Gasteiger partial charge in [0.1, 0.15) is 0 Å². The van der Waals surface area contributed by atoms with E-state index in [1.165, 1.54) is 12.1 Å². The van der Waals surface area contributed by atoms with Crippen molar-refractivity contribution < 1.29 is 8.42 Å². The highest BCUT2D eigenvalue weighted by molar-refractivity contribution is 7.90. The first-order valence-corrected chi connectivity index (χ1v) is 10.8. The van der Waals surface area contributed by atoms with Gasteiger partial charge in [-0.25, -0.2) is 13.4 Å². The van der Waals surface area contributed by atoms with Crippen LogP contribution >= 0.6 is 11.3 Å². The van der Waals surface area contributed by atoms with E-state index >= 15 is 0 Å². The molecule has 0 bridgehead atoms. The zero-order chi connectivity index (χ0) is 19.5. The molecule has 0 saturated heterocycles. The average molecular weight is 404 g/mol. The number of fused-ring (bicyclic) bond motifs is 2. The van der Waals surface area contributed by atoms with Gasteiger partial charge in [-0.15, -0.1) is 0 Å². The fourth-order valence-electron chi connectivity index (χ4n) is 3.08. The molecule has 4 rings (SSSR count). The third kappa shape index (κ3) is 2.81. The highest BCUT2D eigenvalue weighted by atomic mass is 32.2. The van der Waals surface area contributed by atoms with Gasteiger partial charge in [0.25, 0.3) is 5.56 Å². The number of aromatic nitrogens is 4. The summed E-state index contributed by atoms with van der Waals surface area (Å²) >= 11 is 0.971. The fourth-order valence-corrected chi connectivity index (χ4v) is 4.56. The summed E-state index contributed by atoms with van der Waals surface area (Å²) in [5.74, 6) is 0. The Morgan fingerprint density at radius 2 is 1.81 bits per heavy atom. The molecule has 0 aliphatic carbocycles. The third-order valence-corrected chi connectivity index (χ3v) is 6.33. The summed E-state index contributed by atoms with van der Waals surface area (Å²) in [6, 6.07) is 6.23. The molecule has 0 atom stereocenters. The quantitative estimate of drug-likeness (QED) is 0.543.